The molecule has 1 amide bonds. The number of nitrogens with one attached hydrogen (secondary N) is 3. The van der Waals surface area contributed by atoms with Crippen molar-refractivity contribution in [3.05, 3.63) is 17.0 Å². The minimum absolute atomic E-state index is 0. The van der Waals surface area contributed by atoms with Gasteiger partial charge in [0, 0.05) is 44.5 Å². The molecule has 8 nitrogen and oxygen atoms in total. The first-order valence-electron chi connectivity index (χ1n) is 9.65. The maximum atomic E-state index is 12.3. The minimum Gasteiger partial charge on any atom is -0.359 e. The third-order valence-electron chi connectivity index (χ3n) is 4.65. The Balaban J connectivity index is 0.00000420. The van der Waals surface area contributed by atoms with E-state index in [9.17, 15) is 13.2 Å². The standard InChI is InChI=1S/C18H31N5O3S2.HI/c1-4-20-18(23-11-7-15(8-12-23)13-16(24)19-3)21-9-10-22-28(25,26)17-6-5-14(2)27-17;/h5-6,15,22H,4,7-13H2,1-3H3,(H,19,24)(H,20,21);1H. The summed E-state index contributed by atoms with van der Waals surface area (Å²) in [6, 6.07) is 3.42. The molecule has 0 spiro atoms. The first-order chi connectivity index (χ1) is 13.4. The zero-order valence-corrected chi connectivity index (χ0v) is 21.2. The molecule has 0 aromatic carbocycles. The van der Waals surface area contributed by atoms with Crippen molar-refractivity contribution in [3.8, 4) is 0 Å². The van der Waals surface area contributed by atoms with E-state index in [-0.39, 0.29) is 36.4 Å². The van der Waals surface area contributed by atoms with Gasteiger partial charge in [-0.1, -0.05) is 0 Å². The molecule has 1 aromatic heterocycles. The van der Waals surface area contributed by atoms with Gasteiger partial charge in [0.25, 0.3) is 0 Å². The number of aliphatic imine (C=N–C) groups is 1. The molecule has 11 heteroatoms. The molecule has 166 valence electrons. The van der Waals surface area contributed by atoms with Gasteiger partial charge in [-0.3, -0.25) is 9.79 Å². The smallest absolute Gasteiger partial charge is 0.250 e. The number of likely N-dealkylation sites (tertiary alicyclic amines) is 1. The number of hydrogen-bond donors (Lipinski definition) is 3. The maximum absolute atomic E-state index is 12.3. The molecule has 2 rings (SSSR count). The number of thiophene rings is 1. The van der Waals surface area contributed by atoms with E-state index in [0.29, 0.717) is 23.1 Å². The second-order valence-corrected chi connectivity index (χ2v) is 10.1. The number of piperidine rings is 1. The summed E-state index contributed by atoms with van der Waals surface area (Å²) >= 11 is 1.26. The van der Waals surface area contributed by atoms with E-state index >= 15 is 0 Å². The second-order valence-electron chi connectivity index (χ2n) is 6.81. The molecule has 2 heterocycles. The fraction of sp³-hybridized carbons (Fsp3) is 0.667. The lowest BCUT2D eigenvalue weighted by atomic mass is 9.93. The number of aryl methyl sites for hydroxylation is 1. The summed E-state index contributed by atoms with van der Waals surface area (Å²) in [5.41, 5.74) is 0. The SMILES string of the molecule is CCNC(=NCCNS(=O)(=O)c1ccc(C)s1)N1CCC(CC(=O)NC)CC1.I. The highest BCUT2D eigenvalue weighted by atomic mass is 127. The molecule has 1 aromatic rings. The number of halogens is 1. The zero-order chi connectivity index (χ0) is 20.6. The molecule has 1 fully saturated rings. The quantitative estimate of drug-likeness (QED) is 0.196. The number of sulfonamides is 1. The summed E-state index contributed by atoms with van der Waals surface area (Å²) in [5, 5.41) is 5.96. The van der Waals surface area contributed by atoms with Crippen molar-refractivity contribution < 1.29 is 13.2 Å². The van der Waals surface area contributed by atoms with Crippen LogP contribution in [0.2, 0.25) is 0 Å². The largest absolute Gasteiger partial charge is 0.359 e. The van der Waals surface area contributed by atoms with Crippen molar-refractivity contribution in [3.63, 3.8) is 0 Å². The molecule has 3 N–H and O–H groups in total. The van der Waals surface area contributed by atoms with Crippen molar-refractivity contribution in [2.45, 2.75) is 37.3 Å². The van der Waals surface area contributed by atoms with Crippen molar-refractivity contribution in [1.29, 1.82) is 0 Å². The van der Waals surface area contributed by atoms with Gasteiger partial charge < -0.3 is 15.5 Å². The zero-order valence-electron chi connectivity index (χ0n) is 17.2. The van der Waals surface area contributed by atoms with E-state index in [1.807, 2.05) is 13.8 Å². The van der Waals surface area contributed by atoms with Gasteiger partial charge in [-0.2, -0.15) is 0 Å². The molecular formula is C18H32IN5O3S2. The molecule has 0 atom stereocenters. The van der Waals surface area contributed by atoms with E-state index in [1.54, 1.807) is 19.2 Å². The summed E-state index contributed by atoms with van der Waals surface area (Å²) in [5.74, 6) is 1.29. The molecule has 0 bridgehead atoms. The van der Waals surface area contributed by atoms with Gasteiger partial charge >= 0.3 is 0 Å². The predicted molar refractivity (Wildman–Crippen MR) is 129 cm³/mol. The average Bonchev–Trinajstić information content (AvgIpc) is 3.12. The van der Waals surface area contributed by atoms with Gasteiger partial charge in [-0.05, 0) is 44.7 Å². The van der Waals surface area contributed by atoms with Crippen LogP contribution in [-0.4, -0.2) is 65.0 Å². The first-order valence-corrected chi connectivity index (χ1v) is 12.0. The Morgan fingerprint density at radius 1 is 1.31 bits per heavy atom. The fourth-order valence-electron chi connectivity index (χ4n) is 3.11. The van der Waals surface area contributed by atoms with Crippen molar-refractivity contribution in [2.75, 3.05) is 39.8 Å². The monoisotopic (exact) mass is 557 g/mol. The fourth-order valence-corrected chi connectivity index (χ4v) is 5.46. The van der Waals surface area contributed by atoms with E-state index in [4.69, 9.17) is 0 Å². The Morgan fingerprint density at radius 2 is 2.00 bits per heavy atom. The maximum Gasteiger partial charge on any atom is 0.250 e. The van der Waals surface area contributed by atoms with E-state index in [1.165, 1.54) is 11.3 Å². The molecule has 1 aliphatic rings. The number of carbonyl (C=O) groups is 1. The summed E-state index contributed by atoms with van der Waals surface area (Å²) in [6.07, 6.45) is 2.46. The van der Waals surface area contributed by atoms with Crippen LogP contribution in [0.25, 0.3) is 0 Å². The number of rotatable bonds is 8. The Hall–Kier alpha value is -0.920. The molecule has 0 saturated carbocycles. The molecule has 0 aliphatic carbocycles. The molecular weight excluding hydrogens is 525 g/mol. The third-order valence-corrected chi connectivity index (χ3v) is 7.60. The van der Waals surface area contributed by atoms with Crippen LogP contribution >= 0.6 is 35.3 Å². The highest BCUT2D eigenvalue weighted by Crippen LogP contribution is 2.21. The van der Waals surface area contributed by atoms with Crippen molar-refractivity contribution >= 4 is 57.2 Å². The van der Waals surface area contributed by atoms with Crippen LogP contribution in [0.1, 0.15) is 31.1 Å². The van der Waals surface area contributed by atoms with Crippen LogP contribution in [0, 0.1) is 12.8 Å². The van der Waals surface area contributed by atoms with Crippen molar-refractivity contribution in [2.24, 2.45) is 10.9 Å². The lowest BCUT2D eigenvalue weighted by Gasteiger charge is -2.34. The van der Waals surface area contributed by atoms with Crippen LogP contribution < -0.4 is 15.4 Å². The van der Waals surface area contributed by atoms with Gasteiger partial charge in [0.15, 0.2) is 5.96 Å². The predicted octanol–water partition coefficient (Wildman–Crippen LogP) is 1.77. The van der Waals surface area contributed by atoms with Crippen LogP contribution in [0.5, 0.6) is 0 Å². The number of amides is 1. The molecule has 0 unspecified atom stereocenters. The van der Waals surface area contributed by atoms with Crippen LogP contribution in [0.15, 0.2) is 21.3 Å². The van der Waals surface area contributed by atoms with Crippen LogP contribution in [0.4, 0.5) is 0 Å². The number of carbonyl (C=O) groups excluding carboxylic acids is 1. The second kappa shape index (κ2) is 12.7. The van der Waals surface area contributed by atoms with E-state index in [2.05, 4.69) is 25.2 Å². The van der Waals surface area contributed by atoms with Gasteiger partial charge in [0.2, 0.25) is 15.9 Å². The van der Waals surface area contributed by atoms with Gasteiger partial charge in [0.1, 0.15) is 4.21 Å². The first kappa shape index (κ1) is 26.1. The van der Waals surface area contributed by atoms with Crippen molar-refractivity contribution in [1.82, 2.24) is 20.3 Å². The van der Waals surface area contributed by atoms with E-state index < -0.39 is 10.0 Å². The number of guanidine groups is 1. The average molecular weight is 558 g/mol. The van der Waals surface area contributed by atoms with E-state index in [0.717, 1.165) is 43.3 Å². The lowest BCUT2D eigenvalue weighted by molar-refractivity contribution is -0.121. The number of hydrogen-bond acceptors (Lipinski definition) is 5. The Kier molecular flexibility index (Phi) is 11.4. The normalized spacial score (nSPS) is 15.7. The summed E-state index contributed by atoms with van der Waals surface area (Å²) in [6.45, 7) is 6.94. The van der Waals surface area contributed by atoms with Crippen LogP contribution in [-0.2, 0) is 14.8 Å². The number of nitrogens with zero attached hydrogens (tertiary/aromatic N) is 2. The summed E-state index contributed by atoms with van der Waals surface area (Å²) in [4.78, 5) is 19.3. The highest BCUT2D eigenvalue weighted by molar-refractivity contribution is 14.0. The van der Waals surface area contributed by atoms with Gasteiger partial charge in [0.05, 0.1) is 6.54 Å². The summed E-state index contributed by atoms with van der Waals surface area (Å²) in [7, 11) is -1.80. The molecule has 29 heavy (non-hydrogen) atoms. The minimum atomic E-state index is -3.47. The van der Waals surface area contributed by atoms with Crippen LogP contribution in [0.3, 0.4) is 0 Å². The topological polar surface area (TPSA) is 103 Å². The molecule has 0 radical (unpaired) electrons. The highest BCUT2D eigenvalue weighted by Gasteiger charge is 2.23. The van der Waals surface area contributed by atoms with Gasteiger partial charge in [-0.15, -0.1) is 35.3 Å². The Morgan fingerprint density at radius 3 is 2.55 bits per heavy atom. The molecule has 1 saturated heterocycles. The lowest BCUT2D eigenvalue weighted by Crippen LogP contribution is -2.46. The Bertz CT molecular complexity index is 774. The van der Waals surface area contributed by atoms with Gasteiger partial charge in [-0.25, -0.2) is 13.1 Å². The molecule has 1 aliphatic heterocycles. The Labute approximate surface area is 195 Å². The third kappa shape index (κ3) is 8.38. The summed E-state index contributed by atoms with van der Waals surface area (Å²) < 4.78 is 27.5.